The van der Waals surface area contributed by atoms with E-state index in [1.165, 1.54) is 102 Å². The van der Waals surface area contributed by atoms with Crippen LogP contribution in [-0.4, -0.2) is 8.07 Å². The van der Waals surface area contributed by atoms with Crippen LogP contribution in [-0.2, 0) is 0 Å². The van der Waals surface area contributed by atoms with Crippen molar-refractivity contribution in [2.75, 3.05) is 9.80 Å². The van der Waals surface area contributed by atoms with Crippen LogP contribution in [0.4, 0.5) is 34.1 Å². The zero-order valence-electron chi connectivity index (χ0n) is 34.7. The van der Waals surface area contributed by atoms with Gasteiger partial charge in [0.25, 0.3) is 0 Å². The molecule has 0 radical (unpaired) electrons. The number of benzene rings is 9. The molecule has 3 nitrogen and oxygen atoms in total. The van der Waals surface area contributed by atoms with Gasteiger partial charge in [-0.3, -0.25) is 0 Å². The Kier molecular flexibility index (Phi) is 7.58. The summed E-state index contributed by atoms with van der Waals surface area (Å²) in [6, 6.07) is 76.6. The van der Waals surface area contributed by atoms with Crippen LogP contribution >= 0.6 is 15.1 Å². The highest BCUT2D eigenvalue weighted by Crippen LogP contribution is 2.65. The number of anilines is 6. The first-order chi connectivity index (χ1) is 31.3. The Bertz CT molecular complexity index is 3440. The van der Waals surface area contributed by atoms with Crippen molar-refractivity contribution < 1.29 is 4.74 Å². The SMILES string of the molecule is CCC[Si]12c3c4cccc3N(c3ccccc3)c3c1c(cc1c5ccccc5p(-c5ccccc5)c31)Oc1cc3c5ccccc5p(-c5ccccc5)c3c(c12)N4c1ccccc1. The van der Waals surface area contributed by atoms with Gasteiger partial charge in [0, 0.05) is 53.6 Å². The van der Waals surface area contributed by atoms with Gasteiger partial charge in [-0.15, -0.1) is 0 Å². The molecule has 0 fully saturated rings. The third-order valence-electron chi connectivity index (χ3n) is 13.9. The number of hydrogen-bond donors (Lipinski definition) is 0. The van der Waals surface area contributed by atoms with Gasteiger partial charge in [-0.2, -0.15) is 0 Å². The maximum atomic E-state index is 7.75. The van der Waals surface area contributed by atoms with Crippen LogP contribution in [0.25, 0.3) is 52.6 Å². The molecule has 0 bridgehead atoms. The van der Waals surface area contributed by atoms with Crippen LogP contribution in [0.3, 0.4) is 0 Å². The lowest BCUT2D eigenvalue weighted by molar-refractivity contribution is 0.488. The molecule has 0 spiro atoms. The Morgan fingerprint density at radius 2 is 0.841 bits per heavy atom. The molecule has 0 aliphatic carbocycles. The lowest BCUT2D eigenvalue weighted by atomic mass is 10.1. The third kappa shape index (κ3) is 4.65. The summed E-state index contributed by atoms with van der Waals surface area (Å²) in [6.45, 7) is 2.42. The molecule has 2 aromatic heterocycles. The van der Waals surface area contributed by atoms with Crippen molar-refractivity contribution in [3.8, 4) is 22.1 Å². The second-order valence-electron chi connectivity index (χ2n) is 17.1. The molecule has 0 saturated heterocycles. The molecule has 3 aliphatic rings. The molecule has 0 amide bonds. The summed E-state index contributed by atoms with van der Waals surface area (Å²) in [6.07, 6.45) is 1.06. The summed E-state index contributed by atoms with van der Waals surface area (Å²) < 4.78 is 7.75. The molecular weight excluding hydrogens is 819 g/mol. The Labute approximate surface area is 369 Å². The molecule has 298 valence electrons. The van der Waals surface area contributed by atoms with Crippen LogP contribution in [0.5, 0.6) is 11.5 Å². The Hall–Kier alpha value is -6.80. The molecule has 2 unspecified atom stereocenters. The molecule has 2 atom stereocenters. The molecule has 63 heavy (non-hydrogen) atoms. The Morgan fingerprint density at radius 3 is 1.29 bits per heavy atom. The van der Waals surface area contributed by atoms with E-state index in [0.717, 1.165) is 24.0 Å². The zero-order chi connectivity index (χ0) is 41.4. The monoisotopic (exact) mass is 858 g/mol. The van der Waals surface area contributed by atoms with Crippen molar-refractivity contribution in [3.63, 3.8) is 0 Å². The van der Waals surface area contributed by atoms with E-state index in [1.54, 1.807) is 0 Å². The summed E-state index contributed by atoms with van der Waals surface area (Å²) in [5.41, 5.74) is 7.67. The minimum Gasteiger partial charge on any atom is -0.457 e. The van der Waals surface area contributed by atoms with Gasteiger partial charge in [-0.1, -0.05) is 180 Å². The predicted molar refractivity (Wildman–Crippen MR) is 274 cm³/mol. The largest absolute Gasteiger partial charge is 0.457 e. The van der Waals surface area contributed by atoms with Crippen molar-refractivity contribution in [1.29, 1.82) is 0 Å². The number of fused-ring (bicyclic) bond motifs is 8. The van der Waals surface area contributed by atoms with Crippen LogP contribution in [0, 0.1) is 0 Å². The van der Waals surface area contributed by atoms with E-state index in [9.17, 15) is 0 Å². The Balaban J connectivity index is 1.25. The van der Waals surface area contributed by atoms with Gasteiger partial charge < -0.3 is 14.5 Å². The fourth-order valence-corrected chi connectivity index (χ4v) is 23.4. The van der Waals surface area contributed by atoms with E-state index in [2.05, 4.69) is 217 Å². The standard InChI is InChI=1S/C57H40N2OP2Si/c1-2-34-63-55-45-30-19-31-46(55)59(38-22-9-4-10-23-38)52-54-44(42-29-16-18-33-50(42)62(54)40-26-13-6-14-27-40)36-48(57(52)63)60-47-35-43-41-28-15-17-32-49(41)61(39-24-11-5-12-25-39)53(43)51(56(47)63)58(45)37-20-7-3-8-21-37/h3-33,35-36H,2,34H2,1H3. The number of rotatable bonds is 6. The second-order valence-corrected chi connectivity index (χ2v) is 25.2. The van der Waals surface area contributed by atoms with Crippen molar-refractivity contribution >= 4 is 115 Å². The maximum absolute atomic E-state index is 7.75. The van der Waals surface area contributed by atoms with Crippen molar-refractivity contribution in [3.05, 3.63) is 200 Å². The van der Waals surface area contributed by atoms with Gasteiger partial charge >= 0.3 is 0 Å². The molecule has 6 heteroatoms. The molecule has 0 N–H and O–H groups in total. The van der Waals surface area contributed by atoms with Crippen molar-refractivity contribution in [2.24, 2.45) is 0 Å². The van der Waals surface area contributed by atoms with E-state index in [1.807, 2.05) is 0 Å². The highest BCUT2D eigenvalue weighted by Gasteiger charge is 2.59. The maximum Gasteiger partial charge on any atom is 0.168 e. The van der Waals surface area contributed by atoms with E-state index in [-0.39, 0.29) is 0 Å². The number of ether oxygens (including phenoxy) is 1. The predicted octanol–water partition coefficient (Wildman–Crippen LogP) is 15.8. The average molecular weight is 859 g/mol. The van der Waals surface area contributed by atoms with Gasteiger partial charge in [-0.05, 0) is 91.9 Å². The van der Waals surface area contributed by atoms with Gasteiger partial charge in [0.05, 0.1) is 11.4 Å². The first-order valence-corrected chi connectivity index (χ1v) is 27.0. The molecule has 5 heterocycles. The second kappa shape index (κ2) is 13.4. The molecule has 3 aliphatic heterocycles. The van der Waals surface area contributed by atoms with Gasteiger partial charge in [0.15, 0.2) is 8.07 Å². The molecular formula is C57H40N2OP2Si. The Morgan fingerprint density at radius 1 is 0.429 bits per heavy atom. The van der Waals surface area contributed by atoms with Crippen LogP contribution in [0.15, 0.2) is 200 Å². The number of hydrogen-bond acceptors (Lipinski definition) is 3. The molecule has 14 rings (SSSR count). The van der Waals surface area contributed by atoms with Gasteiger partial charge in [0.2, 0.25) is 0 Å². The first-order valence-electron chi connectivity index (χ1n) is 22.1. The van der Waals surface area contributed by atoms with Crippen LogP contribution in [0.2, 0.25) is 6.04 Å². The minimum absolute atomic E-state index is 0.898. The lowest BCUT2D eigenvalue weighted by Crippen LogP contribution is -2.74. The molecule has 0 saturated carbocycles. The summed E-state index contributed by atoms with van der Waals surface area (Å²) in [7, 11) is -4.74. The fraction of sp³-hybridized carbons (Fsp3) is 0.0526. The zero-order valence-corrected chi connectivity index (χ0v) is 37.5. The lowest BCUT2D eigenvalue weighted by Gasteiger charge is -2.53. The summed E-state index contributed by atoms with van der Waals surface area (Å²) in [5.74, 6) is 2.07. The van der Waals surface area contributed by atoms with E-state index in [0.29, 0.717) is 0 Å². The van der Waals surface area contributed by atoms with E-state index >= 15 is 0 Å². The minimum atomic E-state index is -2.94. The number of nitrogens with zero attached hydrogens (tertiary/aromatic N) is 2. The van der Waals surface area contributed by atoms with Gasteiger partial charge in [0.1, 0.15) is 11.5 Å². The average Bonchev–Trinajstić information content (AvgIpc) is 3.85. The van der Waals surface area contributed by atoms with Crippen molar-refractivity contribution in [2.45, 2.75) is 19.4 Å². The van der Waals surface area contributed by atoms with Crippen LogP contribution < -0.4 is 30.1 Å². The van der Waals surface area contributed by atoms with E-state index in [4.69, 9.17) is 4.74 Å². The summed E-state index contributed by atoms with van der Waals surface area (Å²) in [5, 5.41) is 18.2. The first kappa shape index (κ1) is 35.8. The highest BCUT2D eigenvalue weighted by molar-refractivity contribution is 7.68. The highest BCUT2D eigenvalue weighted by atomic mass is 31.1. The third-order valence-corrected chi connectivity index (χ3v) is 24.4. The summed E-state index contributed by atoms with van der Waals surface area (Å²) >= 11 is 0. The van der Waals surface area contributed by atoms with Crippen molar-refractivity contribution in [1.82, 2.24) is 0 Å². The smallest absolute Gasteiger partial charge is 0.168 e. The number of para-hydroxylation sites is 2. The quantitative estimate of drug-likeness (QED) is 0.155. The fourth-order valence-electron chi connectivity index (χ4n) is 11.8. The van der Waals surface area contributed by atoms with Crippen LogP contribution in [0.1, 0.15) is 13.3 Å². The molecule has 11 aromatic rings. The normalized spacial score (nSPS) is 16.2. The summed E-state index contributed by atoms with van der Waals surface area (Å²) in [4.78, 5) is 5.31. The molecule has 9 aromatic carbocycles. The topological polar surface area (TPSA) is 15.7 Å². The van der Waals surface area contributed by atoms with Gasteiger partial charge in [-0.25, -0.2) is 0 Å². The van der Waals surface area contributed by atoms with E-state index < -0.39 is 23.1 Å².